The molecule has 0 spiro atoms. The highest BCUT2D eigenvalue weighted by Gasteiger charge is 2.34. The fourth-order valence-electron chi connectivity index (χ4n) is 3.11. The van der Waals surface area contributed by atoms with Gasteiger partial charge in [0, 0.05) is 24.2 Å². The lowest BCUT2D eigenvalue weighted by atomic mass is 9.90. The Bertz CT molecular complexity index is 783. The second-order valence-corrected chi connectivity index (χ2v) is 5.61. The summed E-state index contributed by atoms with van der Waals surface area (Å²) < 4.78 is 0.552. The first-order valence-corrected chi connectivity index (χ1v) is 7.02. The third-order valence-corrected chi connectivity index (χ3v) is 4.29. The van der Waals surface area contributed by atoms with Crippen molar-refractivity contribution in [3.8, 4) is 11.4 Å². The summed E-state index contributed by atoms with van der Waals surface area (Å²) in [5, 5.41) is 6.98. The second-order valence-electron chi connectivity index (χ2n) is 5.20. The van der Waals surface area contributed by atoms with Crippen LogP contribution in [-0.2, 0) is 0 Å². The molecule has 5 heteroatoms. The molecule has 0 saturated heterocycles. The van der Waals surface area contributed by atoms with Gasteiger partial charge in [0.15, 0.2) is 10.6 Å². The third kappa shape index (κ3) is 1.59. The summed E-state index contributed by atoms with van der Waals surface area (Å²) in [6.45, 7) is 0. The molecule has 2 N–H and O–H groups in total. The van der Waals surface area contributed by atoms with E-state index >= 15 is 0 Å². The summed E-state index contributed by atoms with van der Waals surface area (Å²) >= 11 is 5.04. The molecule has 1 aromatic heterocycles. The number of benzene rings is 1. The summed E-state index contributed by atoms with van der Waals surface area (Å²) in [6, 6.07) is 6.88. The van der Waals surface area contributed by atoms with Crippen molar-refractivity contribution in [1.82, 2.24) is 15.2 Å². The lowest BCUT2D eigenvalue weighted by molar-refractivity contribution is 0.723. The molecular weight excluding hydrogens is 268 g/mol. The predicted octanol–water partition coefficient (Wildman–Crippen LogP) is 3.16. The Kier molecular flexibility index (Phi) is 2.44. The molecule has 4 nitrogen and oxygen atoms in total. The lowest BCUT2D eigenvalue weighted by Gasteiger charge is -2.23. The van der Waals surface area contributed by atoms with E-state index in [2.05, 4.69) is 69.6 Å². The third-order valence-electron chi connectivity index (χ3n) is 4.09. The maximum Gasteiger partial charge on any atom is 0.192 e. The minimum absolute atomic E-state index is 0.418. The summed E-state index contributed by atoms with van der Waals surface area (Å²) in [6.07, 6.45) is 8.77. The fourth-order valence-corrected chi connectivity index (χ4v) is 3.25. The zero-order chi connectivity index (χ0) is 13.7. The molecule has 4 rings (SSSR count). The molecule has 0 fully saturated rings. The zero-order valence-corrected chi connectivity index (χ0v) is 11.8. The van der Waals surface area contributed by atoms with Crippen molar-refractivity contribution in [3.05, 3.63) is 52.8 Å². The standard InChI is InChI=1S/C15H14N4S/c1-19-12-5-3-2-4-10(12)11-8-9(6-7-13(11)19)14-16-15(20)18-17-14/h2-8,10,12H,1H3,(H2,16,17,18,20). The summed E-state index contributed by atoms with van der Waals surface area (Å²) in [4.78, 5) is 5.40. The van der Waals surface area contributed by atoms with Gasteiger partial charge in [-0.15, -0.1) is 0 Å². The largest absolute Gasteiger partial charge is 0.367 e. The molecule has 2 heterocycles. The molecule has 2 aromatic rings. The van der Waals surface area contributed by atoms with Gasteiger partial charge in [-0.25, -0.2) is 0 Å². The van der Waals surface area contributed by atoms with Gasteiger partial charge in [-0.3, -0.25) is 5.10 Å². The highest BCUT2D eigenvalue weighted by Crippen LogP contribution is 2.43. The topological polar surface area (TPSA) is 47.7 Å². The second kappa shape index (κ2) is 4.18. The number of hydrogen-bond acceptors (Lipinski definition) is 3. The highest BCUT2D eigenvalue weighted by atomic mass is 32.1. The zero-order valence-electron chi connectivity index (χ0n) is 11.0. The molecule has 2 aliphatic rings. The van der Waals surface area contributed by atoms with Crippen LogP contribution in [0, 0.1) is 4.77 Å². The lowest BCUT2D eigenvalue weighted by Crippen LogP contribution is -2.28. The van der Waals surface area contributed by atoms with Gasteiger partial charge in [0.25, 0.3) is 0 Å². The normalized spacial score (nSPS) is 22.9. The van der Waals surface area contributed by atoms with Crippen LogP contribution in [0.1, 0.15) is 11.5 Å². The average Bonchev–Trinajstić information content (AvgIpc) is 3.03. The van der Waals surface area contributed by atoms with Gasteiger partial charge in [-0.05, 0) is 36.0 Å². The van der Waals surface area contributed by atoms with E-state index in [4.69, 9.17) is 12.2 Å². The number of anilines is 1. The van der Waals surface area contributed by atoms with Crippen LogP contribution in [0.5, 0.6) is 0 Å². The van der Waals surface area contributed by atoms with Crippen LogP contribution >= 0.6 is 12.2 Å². The Morgan fingerprint density at radius 3 is 2.90 bits per heavy atom. The minimum atomic E-state index is 0.418. The molecule has 0 bridgehead atoms. The number of H-pyrrole nitrogens is 2. The van der Waals surface area contributed by atoms with Crippen LogP contribution in [0.25, 0.3) is 11.4 Å². The molecular formula is C15H14N4S. The number of aromatic amines is 2. The molecule has 100 valence electrons. The van der Waals surface area contributed by atoms with E-state index in [1.165, 1.54) is 11.3 Å². The number of aromatic nitrogens is 3. The van der Waals surface area contributed by atoms with E-state index < -0.39 is 0 Å². The van der Waals surface area contributed by atoms with Crippen LogP contribution in [0.4, 0.5) is 5.69 Å². The number of nitrogens with one attached hydrogen (secondary N) is 2. The maximum absolute atomic E-state index is 5.04. The average molecular weight is 282 g/mol. The van der Waals surface area contributed by atoms with Gasteiger partial charge < -0.3 is 9.88 Å². The Morgan fingerprint density at radius 2 is 2.10 bits per heavy atom. The van der Waals surface area contributed by atoms with E-state index in [0.717, 1.165) is 11.4 Å². The van der Waals surface area contributed by atoms with E-state index in [1.807, 2.05) is 0 Å². The van der Waals surface area contributed by atoms with E-state index in [0.29, 0.717) is 16.7 Å². The fraction of sp³-hybridized carbons (Fsp3) is 0.200. The first-order chi connectivity index (χ1) is 9.74. The molecule has 0 amide bonds. The van der Waals surface area contributed by atoms with Crippen molar-refractivity contribution < 1.29 is 0 Å². The Labute approximate surface area is 121 Å². The van der Waals surface area contributed by atoms with E-state index in [1.54, 1.807) is 0 Å². The summed E-state index contributed by atoms with van der Waals surface area (Å²) in [5.74, 6) is 1.21. The molecule has 1 aromatic carbocycles. The number of hydrogen-bond donors (Lipinski definition) is 2. The van der Waals surface area contributed by atoms with Crippen LogP contribution in [-0.4, -0.2) is 28.3 Å². The number of fused-ring (bicyclic) bond motifs is 3. The van der Waals surface area contributed by atoms with Gasteiger partial charge in [0.2, 0.25) is 0 Å². The smallest absolute Gasteiger partial charge is 0.192 e. The quantitative estimate of drug-likeness (QED) is 0.790. The molecule has 0 saturated carbocycles. The van der Waals surface area contributed by atoms with E-state index in [-0.39, 0.29) is 0 Å². The van der Waals surface area contributed by atoms with Gasteiger partial charge in [0.1, 0.15) is 0 Å². The highest BCUT2D eigenvalue weighted by molar-refractivity contribution is 7.71. The van der Waals surface area contributed by atoms with Gasteiger partial charge in [0.05, 0.1) is 6.04 Å². The van der Waals surface area contributed by atoms with Crippen LogP contribution in [0.2, 0.25) is 0 Å². The van der Waals surface area contributed by atoms with Crippen molar-refractivity contribution in [2.45, 2.75) is 12.0 Å². The van der Waals surface area contributed by atoms with Crippen molar-refractivity contribution in [2.24, 2.45) is 0 Å². The number of likely N-dealkylation sites (N-methyl/N-ethyl adjacent to an activating group) is 1. The molecule has 2 atom stereocenters. The molecule has 0 radical (unpaired) electrons. The van der Waals surface area contributed by atoms with E-state index in [9.17, 15) is 0 Å². The van der Waals surface area contributed by atoms with Gasteiger partial charge >= 0.3 is 0 Å². The number of nitrogens with zero attached hydrogens (tertiary/aromatic N) is 2. The van der Waals surface area contributed by atoms with Crippen LogP contribution in [0.15, 0.2) is 42.5 Å². The molecule has 20 heavy (non-hydrogen) atoms. The molecule has 1 aliphatic carbocycles. The molecule has 2 unspecified atom stereocenters. The van der Waals surface area contributed by atoms with Crippen LogP contribution in [0.3, 0.4) is 0 Å². The van der Waals surface area contributed by atoms with Crippen molar-refractivity contribution in [1.29, 1.82) is 0 Å². The van der Waals surface area contributed by atoms with Crippen molar-refractivity contribution >= 4 is 17.9 Å². The first kappa shape index (κ1) is 11.7. The van der Waals surface area contributed by atoms with Crippen molar-refractivity contribution in [3.63, 3.8) is 0 Å². The SMILES string of the molecule is CN1c2ccc(-c3n[nH]c(=S)[nH]3)cc2C2C=CC=CC21. The Balaban J connectivity index is 1.84. The monoisotopic (exact) mass is 282 g/mol. The van der Waals surface area contributed by atoms with Gasteiger partial charge in [-0.2, -0.15) is 5.10 Å². The predicted molar refractivity (Wildman–Crippen MR) is 82.4 cm³/mol. The van der Waals surface area contributed by atoms with Crippen molar-refractivity contribution in [2.75, 3.05) is 11.9 Å². The number of rotatable bonds is 1. The summed E-state index contributed by atoms with van der Waals surface area (Å²) in [7, 11) is 2.15. The number of allylic oxidation sites excluding steroid dienone is 2. The van der Waals surface area contributed by atoms with Crippen LogP contribution < -0.4 is 4.90 Å². The first-order valence-electron chi connectivity index (χ1n) is 6.61. The Morgan fingerprint density at radius 1 is 1.25 bits per heavy atom. The maximum atomic E-state index is 5.04. The van der Waals surface area contributed by atoms with Gasteiger partial charge in [-0.1, -0.05) is 24.3 Å². The Hall–Kier alpha value is -2.14. The summed E-state index contributed by atoms with van der Waals surface area (Å²) in [5.41, 5.74) is 3.69. The molecule has 1 aliphatic heterocycles. The minimum Gasteiger partial charge on any atom is -0.367 e.